The summed E-state index contributed by atoms with van der Waals surface area (Å²) in [6.45, 7) is 1.16. The standard InChI is InChI=1S/C23H20ClF3N4O4/c24-18-12-15(4-5-20(18)34-16-2-1-3-17(13-16)35-23(25,26)27)30-22-21-19(28-14-29-22)6-7-31(21)8-10-33-11-9-32/h1-7,12-14,32H,8-11H2,(H,28,29,30). The molecule has 184 valence electrons. The molecule has 35 heavy (non-hydrogen) atoms. The van der Waals surface area contributed by atoms with Crippen molar-refractivity contribution in [3.63, 3.8) is 0 Å². The van der Waals surface area contributed by atoms with Gasteiger partial charge in [-0.1, -0.05) is 17.7 Å². The highest BCUT2D eigenvalue weighted by Gasteiger charge is 2.31. The lowest BCUT2D eigenvalue weighted by molar-refractivity contribution is -0.274. The highest BCUT2D eigenvalue weighted by molar-refractivity contribution is 6.32. The van der Waals surface area contributed by atoms with Crippen LogP contribution >= 0.6 is 11.6 Å². The molecule has 0 fully saturated rings. The number of halogens is 4. The second-order valence-corrected chi connectivity index (χ2v) is 7.60. The van der Waals surface area contributed by atoms with E-state index >= 15 is 0 Å². The quantitative estimate of drug-likeness (QED) is 0.272. The first-order valence-electron chi connectivity index (χ1n) is 10.4. The van der Waals surface area contributed by atoms with Crippen molar-refractivity contribution in [1.29, 1.82) is 0 Å². The average molecular weight is 509 g/mol. The van der Waals surface area contributed by atoms with Crippen LogP contribution in [-0.2, 0) is 11.3 Å². The van der Waals surface area contributed by atoms with E-state index in [4.69, 9.17) is 26.2 Å². The number of aromatic nitrogens is 3. The Morgan fingerprint density at radius 3 is 2.63 bits per heavy atom. The molecule has 2 N–H and O–H groups in total. The number of fused-ring (bicyclic) bond motifs is 1. The monoisotopic (exact) mass is 508 g/mol. The predicted octanol–water partition coefficient (Wildman–Crippen LogP) is 5.53. The SMILES string of the molecule is OCCOCCn1ccc2ncnc(Nc3ccc(Oc4cccc(OC(F)(F)F)c4)c(Cl)c3)c21. The summed E-state index contributed by atoms with van der Waals surface area (Å²) < 4.78 is 54.2. The molecule has 0 saturated carbocycles. The molecular weight excluding hydrogens is 489 g/mol. The maximum absolute atomic E-state index is 12.5. The van der Waals surface area contributed by atoms with Crippen LogP contribution in [0.5, 0.6) is 17.2 Å². The molecule has 0 saturated heterocycles. The fourth-order valence-corrected chi connectivity index (χ4v) is 3.52. The molecule has 12 heteroatoms. The Balaban J connectivity index is 1.50. The number of anilines is 2. The Hall–Kier alpha value is -3.54. The molecule has 0 aliphatic rings. The van der Waals surface area contributed by atoms with Crippen molar-refractivity contribution >= 4 is 34.1 Å². The van der Waals surface area contributed by atoms with Gasteiger partial charge in [0.25, 0.3) is 0 Å². The Morgan fingerprint density at radius 2 is 1.86 bits per heavy atom. The van der Waals surface area contributed by atoms with Crippen LogP contribution in [0, 0.1) is 0 Å². The minimum Gasteiger partial charge on any atom is -0.456 e. The van der Waals surface area contributed by atoms with Gasteiger partial charge in [-0.25, -0.2) is 9.97 Å². The average Bonchev–Trinajstić information content (AvgIpc) is 3.22. The van der Waals surface area contributed by atoms with Crippen molar-refractivity contribution < 1.29 is 32.5 Å². The van der Waals surface area contributed by atoms with Gasteiger partial charge in [0.2, 0.25) is 0 Å². The number of hydrogen-bond acceptors (Lipinski definition) is 7. The van der Waals surface area contributed by atoms with Gasteiger partial charge in [-0.2, -0.15) is 0 Å². The number of rotatable bonds is 10. The zero-order valence-electron chi connectivity index (χ0n) is 18.1. The summed E-state index contributed by atoms with van der Waals surface area (Å²) in [5, 5.41) is 12.3. The number of aliphatic hydroxyl groups is 1. The zero-order valence-corrected chi connectivity index (χ0v) is 18.9. The molecule has 0 bridgehead atoms. The maximum atomic E-state index is 12.5. The second kappa shape index (κ2) is 10.8. The number of nitrogens with one attached hydrogen (secondary N) is 1. The topological polar surface area (TPSA) is 90.7 Å². The van der Waals surface area contributed by atoms with E-state index < -0.39 is 12.1 Å². The van der Waals surface area contributed by atoms with Crippen LogP contribution in [0.15, 0.2) is 61.1 Å². The third kappa shape index (κ3) is 6.53. The molecule has 0 aliphatic carbocycles. The van der Waals surface area contributed by atoms with Crippen molar-refractivity contribution in [2.45, 2.75) is 12.9 Å². The molecule has 2 aromatic heterocycles. The largest absolute Gasteiger partial charge is 0.573 e. The third-order valence-corrected chi connectivity index (χ3v) is 5.02. The minimum absolute atomic E-state index is 0.0460. The van der Waals surface area contributed by atoms with E-state index in [1.807, 2.05) is 16.8 Å². The van der Waals surface area contributed by atoms with Crippen LogP contribution in [0.4, 0.5) is 24.7 Å². The number of nitrogens with zero attached hydrogens (tertiary/aromatic N) is 3. The lowest BCUT2D eigenvalue weighted by atomic mass is 10.2. The predicted molar refractivity (Wildman–Crippen MR) is 123 cm³/mol. The smallest absolute Gasteiger partial charge is 0.456 e. The van der Waals surface area contributed by atoms with Crippen molar-refractivity contribution in [2.24, 2.45) is 0 Å². The molecule has 0 spiro atoms. The van der Waals surface area contributed by atoms with Crippen molar-refractivity contribution in [3.05, 3.63) is 66.1 Å². The Bertz CT molecular complexity index is 1300. The summed E-state index contributed by atoms with van der Waals surface area (Å²) in [5.74, 6) is 0.526. The number of hydrogen-bond donors (Lipinski definition) is 2. The summed E-state index contributed by atoms with van der Waals surface area (Å²) >= 11 is 6.37. The molecule has 0 radical (unpaired) electrons. The Labute approximate surface area is 202 Å². The summed E-state index contributed by atoms with van der Waals surface area (Å²) in [6.07, 6.45) is -1.50. The van der Waals surface area contributed by atoms with E-state index in [1.165, 1.54) is 24.5 Å². The molecule has 0 amide bonds. The van der Waals surface area contributed by atoms with Gasteiger partial charge in [0, 0.05) is 24.5 Å². The van der Waals surface area contributed by atoms with Crippen LogP contribution in [0.2, 0.25) is 5.02 Å². The highest BCUT2D eigenvalue weighted by atomic mass is 35.5. The molecule has 8 nitrogen and oxygen atoms in total. The third-order valence-electron chi connectivity index (χ3n) is 4.72. The number of benzene rings is 2. The highest BCUT2D eigenvalue weighted by Crippen LogP contribution is 2.35. The number of aliphatic hydroxyl groups excluding tert-OH is 1. The molecule has 0 atom stereocenters. The molecule has 4 aromatic rings. The first-order chi connectivity index (χ1) is 16.8. The molecule has 2 aromatic carbocycles. The van der Waals surface area contributed by atoms with Gasteiger partial charge in [-0.3, -0.25) is 0 Å². The molecule has 0 aliphatic heterocycles. The lowest BCUT2D eigenvalue weighted by Gasteiger charge is -2.13. The second-order valence-electron chi connectivity index (χ2n) is 7.20. The van der Waals surface area contributed by atoms with E-state index in [0.29, 0.717) is 24.7 Å². The minimum atomic E-state index is -4.80. The summed E-state index contributed by atoms with van der Waals surface area (Å²) in [6, 6.07) is 11.9. The van der Waals surface area contributed by atoms with Gasteiger partial charge in [-0.15, -0.1) is 13.2 Å². The van der Waals surface area contributed by atoms with Crippen LogP contribution in [-0.4, -0.2) is 45.8 Å². The summed E-state index contributed by atoms with van der Waals surface area (Å²) in [7, 11) is 0. The maximum Gasteiger partial charge on any atom is 0.573 e. The van der Waals surface area contributed by atoms with Gasteiger partial charge >= 0.3 is 6.36 Å². The van der Waals surface area contributed by atoms with Gasteiger partial charge in [0.15, 0.2) is 5.82 Å². The van der Waals surface area contributed by atoms with Crippen LogP contribution in [0.1, 0.15) is 0 Å². The van der Waals surface area contributed by atoms with Gasteiger partial charge < -0.3 is 29.2 Å². The zero-order chi connectivity index (χ0) is 24.8. The van der Waals surface area contributed by atoms with E-state index in [9.17, 15) is 13.2 Å². The van der Waals surface area contributed by atoms with Crippen LogP contribution in [0.25, 0.3) is 11.0 Å². The van der Waals surface area contributed by atoms with E-state index in [0.717, 1.165) is 17.1 Å². The van der Waals surface area contributed by atoms with Gasteiger partial charge in [0.05, 0.1) is 30.4 Å². The molecular formula is C23H20ClF3N4O4. The Kier molecular flexibility index (Phi) is 7.59. The van der Waals surface area contributed by atoms with Crippen LogP contribution < -0.4 is 14.8 Å². The van der Waals surface area contributed by atoms with Gasteiger partial charge in [-0.05, 0) is 36.4 Å². The van der Waals surface area contributed by atoms with Crippen molar-refractivity contribution in [1.82, 2.24) is 14.5 Å². The molecule has 0 unspecified atom stereocenters. The molecule has 4 rings (SSSR count). The fraction of sp³-hybridized carbons (Fsp3) is 0.217. The van der Waals surface area contributed by atoms with Crippen molar-refractivity contribution in [3.8, 4) is 17.2 Å². The summed E-state index contributed by atoms with van der Waals surface area (Å²) in [4.78, 5) is 8.61. The van der Waals surface area contributed by atoms with Crippen molar-refractivity contribution in [2.75, 3.05) is 25.1 Å². The normalized spacial score (nSPS) is 11.6. The first-order valence-corrected chi connectivity index (χ1v) is 10.8. The number of alkyl halides is 3. The lowest BCUT2D eigenvalue weighted by Crippen LogP contribution is -2.17. The Morgan fingerprint density at radius 1 is 1.03 bits per heavy atom. The van der Waals surface area contributed by atoms with Crippen LogP contribution in [0.3, 0.4) is 0 Å². The molecule has 2 heterocycles. The fourth-order valence-electron chi connectivity index (χ4n) is 3.30. The van der Waals surface area contributed by atoms with E-state index in [2.05, 4.69) is 20.0 Å². The van der Waals surface area contributed by atoms with Gasteiger partial charge in [0.1, 0.15) is 29.1 Å². The number of ether oxygens (including phenoxy) is 3. The van der Waals surface area contributed by atoms with E-state index in [-0.39, 0.29) is 29.7 Å². The summed E-state index contributed by atoms with van der Waals surface area (Å²) in [5.41, 5.74) is 2.11. The van der Waals surface area contributed by atoms with E-state index in [1.54, 1.807) is 18.2 Å². The first kappa shape index (κ1) is 24.6.